The summed E-state index contributed by atoms with van der Waals surface area (Å²) in [4.78, 5) is 14.6. The van der Waals surface area contributed by atoms with Gasteiger partial charge in [0, 0.05) is 18.2 Å². The van der Waals surface area contributed by atoms with Gasteiger partial charge in [-0.3, -0.25) is 9.69 Å². The summed E-state index contributed by atoms with van der Waals surface area (Å²) < 4.78 is 10.7. The number of benzene rings is 2. The van der Waals surface area contributed by atoms with Crippen LogP contribution in [0.4, 0.5) is 0 Å². The third kappa shape index (κ3) is 6.00. The highest BCUT2D eigenvalue weighted by atomic mass is 16.5. The molecule has 0 aliphatic rings. The Kier molecular flexibility index (Phi) is 7.67. The third-order valence-electron chi connectivity index (χ3n) is 4.49. The lowest BCUT2D eigenvalue weighted by Crippen LogP contribution is -2.38. The van der Waals surface area contributed by atoms with Crippen LogP contribution in [0.15, 0.2) is 48.5 Å². The van der Waals surface area contributed by atoms with E-state index in [1.54, 1.807) is 14.2 Å². The fourth-order valence-electron chi connectivity index (χ4n) is 3.09. The molecule has 0 radical (unpaired) electrons. The Bertz CT molecular complexity index is 732. The summed E-state index contributed by atoms with van der Waals surface area (Å²) in [6, 6.07) is 15.8. The van der Waals surface area contributed by atoms with Crippen LogP contribution in [-0.2, 0) is 11.3 Å². The van der Waals surface area contributed by atoms with Gasteiger partial charge >= 0.3 is 0 Å². The number of rotatable bonds is 9. The Morgan fingerprint density at radius 3 is 2.37 bits per heavy atom. The van der Waals surface area contributed by atoms with Crippen molar-refractivity contribution in [1.82, 2.24) is 10.2 Å². The number of carbonyl (C=O) groups is 1. The molecule has 0 bridgehead atoms. The van der Waals surface area contributed by atoms with Crippen LogP contribution < -0.4 is 14.8 Å². The summed E-state index contributed by atoms with van der Waals surface area (Å²) in [5.41, 5.74) is 2.14. The summed E-state index contributed by atoms with van der Waals surface area (Å²) in [5, 5.41) is 3.16. The zero-order chi connectivity index (χ0) is 19.8. The van der Waals surface area contributed by atoms with Crippen LogP contribution in [0, 0.1) is 5.92 Å². The van der Waals surface area contributed by atoms with Crippen molar-refractivity contribution in [3.63, 3.8) is 0 Å². The highest BCUT2D eigenvalue weighted by molar-refractivity contribution is 5.78. The molecule has 0 aliphatic heterocycles. The Morgan fingerprint density at radius 2 is 1.78 bits per heavy atom. The van der Waals surface area contributed by atoms with Gasteiger partial charge in [0.25, 0.3) is 0 Å². The number of ether oxygens (including phenoxy) is 2. The smallest absolute Gasteiger partial charge is 0.234 e. The summed E-state index contributed by atoms with van der Waals surface area (Å²) >= 11 is 0. The highest BCUT2D eigenvalue weighted by Gasteiger charge is 2.19. The van der Waals surface area contributed by atoms with Crippen LogP contribution in [0.5, 0.6) is 11.5 Å². The quantitative estimate of drug-likeness (QED) is 0.732. The third-order valence-corrected chi connectivity index (χ3v) is 4.49. The zero-order valence-corrected chi connectivity index (χ0v) is 16.9. The van der Waals surface area contributed by atoms with Crippen LogP contribution >= 0.6 is 0 Å². The summed E-state index contributed by atoms with van der Waals surface area (Å²) in [6.45, 7) is 5.15. The maximum atomic E-state index is 12.6. The molecule has 5 heteroatoms. The molecular weight excluding hydrogens is 340 g/mol. The van der Waals surface area contributed by atoms with Crippen LogP contribution in [0.2, 0.25) is 0 Å². The number of nitrogens with zero attached hydrogens (tertiary/aromatic N) is 1. The summed E-state index contributed by atoms with van der Waals surface area (Å²) in [5.74, 6) is 1.82. The fraction of sp³-hybridized carbons (Fsp3) is 0.409. The molecule has 0 spiro atoms. The topological polar surface area (TPSA) is 50.8 Å². The maximum Gasteiger partial charge on any atom is 0.234 e. The normalized spacial score (nSPS) is 12.1. The van der Waals surface area contributed by atoms with E-state index < -0.39 is 0 Å². The van der Waals surface area contributed by atoms with Gasteiger partial charge in [0.05, 0.1) is 26.8 Å². The Hall–Kier alpha value is -2.53. The zero-order valence-electron chi connectivity index (χ0n) is 16.9. The molecule has 1 N–H and O–H groups in total. The minimum Gasteiger partial charge on any atom is -0.497 e. The van der Waals surface area contributed by atoms with E-state index in [0.717, 1.165) is 22.6 Å². The molecule has 0 saturated carbocycles. The van der Waals surface area contributed by atoms with Gasteiger partial charge in [-0.25, -0.2) is 0 Å². The first-order chi connectivity index (χ1) is 12.9. The van der Waals surface area contributed by atoms with Gasteiger partial charge in [0.15, 0.2) is 0 Å². The van der Waals surface area contributed by atoms with Crippen molar-refractivity contribution in [3.05, 3.63) is 59.7 Å². The van der Waals surface area contributed by atoms with E-state index in [-0.39, 0.29) is 11.9 Å². The molecule has 0 aliphatic carbocycles. The van der Waals surface area contributed by atoms with Gasteiger partial charge in [-0.2, -0.15) is 0 Å². The van der Waals surface area contributed by atoms with Crippen LogP contribution in [0.1, 0.15) is 31.0 Å². The molecule has 0 saturated heterocycles. The van der Waals surface area contributed by atoms with Crippen molar-refractivity contribution in [2.75, 3.05) is 27.8 Å². The molecule has 1 unspecified atom stereocenters. The number of hydrogen-bond acceptors (Lipinski definition) is 4. The van der Waals surface area contributed by atoms with E-state index in [1.807, 2.05) is 48.3 Å². The van der Waals surface area contributed by atoms with Crippen molar-refractivity contribution in [3.8, 4) is 11.5 Å². The molecule has 0 fully saturated rings. The Labute approximate surface area is 162 Å². The summed E-state index contributed by atoms with van der Waals surface area (Å²) in [7, 11) is 5.19. The second-order valence-electron chi connectivity index (χ2n) is 7.05. The number of methoxy groups -OCH3 is 2. The molecule has 27 heavy (non-hydrogen) atoms. The Balaban J connectivity index is 1.98. The van der Waals surface area contributed by atoms with Crippen LogP contribution in [0.3, 0.4) is 0 Å². The summed E-state index contributed by atoms with van der Waals surface area (Å²) in [6.07, 6.45) is 0. The lowest BCUT2D eigenvalue weighted by Gasteiger charge is -2.25. The second kappa shape index (κ2) is 9.97. The van der Waals surface area contributed by atoms with E-state index in [9.17, 15) is 4.79 Å². The predicted octanol–water partition coefficient (Wildman–Crippen LogP) is 3.65. The molecule has 0 heterocycles. The Morgan fingerprint density at radius 1 is 1.07 bits per heavy atom. The van der Waals surface area contributed by atoms with Crippen molar-refractivity contribution < 1.29 is 14.3 Å². The lowest BCUT2D eigenvalue weighted by atomic mass is 9.96. The first kappa shape index (κ1) is 20.8. The van der Waals surface area contributed by atoms with Gasteiger partial charge in [-0.05, 0) is 24.6 Å². The van der Waals surface area contributed by atoms with Gasteiger partial charge < -0.3 is 14.8 Å². The van der Waals surface area contributed by atoms with Crippen molar-refractivity contribution in [1.29, 1.82) is 0 Å². The largest absolute Gasteiger partial charge is 0.497 e. The number of likely N-dealkylation sites (N-methyl/N-ethyl adjacent to an activating group) is 1. The first-order valence-corrected chi connectivity index (χ1v) is 9.18. The van der Waals surface area contributed by atoms with Crippen molar-refractivity contribution >= 4 is 5.91 Å². The van der Waals surface area contributed by atoms with Gasteiger partial charge in [-0.1, -0.05) is 50.2 Å². The molecule has 2 aromatic carbocycles. The standard InChI is InChI=1S/C22H30N2O3/c1-16(2)22(17-9-7-6-8-10-17)23-21(25)15-24(3)14-18-11-12-19(26-4)13-20(18)27-5/h6-13,16,22H,14-15H2,1-5H3,(H,23,25). The van der Waals surface area contributed by atoms with E-state index >= 15 is 0 Å². The second-order valence-corrected chi connectivity index (χ2v) is 7.05. The van der Waals surface area contributed by atoms with E-state index in [1.165, 1.54) is 0 Å². The highest BCUT2D eigenvalue weighted by Crippen LogP contribution is 2.25. The van der Waals surface area contributed by atoms with E-state index in [0.29, 0.717) is 19.0 Å². The molecule has 146 valence electrons. The predicted molar refractivity (Wildman–Crippen MR) is 108 cm³/mol. The average molecular weight is 370 g/mol. The van der Waals surface area contributed by atoms with Crippen molar-refractivity contribution in [2.24, 2.45) is 5.92 Å². The monoisotopic (exact) mass is 370 g/mol. The van der Waals surface area contributed by atoms with Gasteiger partial charge in [0.2, 0.25) is 5.91 Å². The molecular formula is C22H30N2O3. The number of hydrogen-bond donors (Lipinski definition) is 1. The number of carbonyl (C=O) groups excluding carboxylic acids is 1. The van der Waals surface area contributed by atoms with E-state index in [2.05, 4.69) is 31.3 Å². The molecule has 2 aromatic rings. The molecule has 2 rings (SSSR count). The number of amides is 1. The van der Waals surface area contributed by atoms with Crippen molar-refractivity contribution in [2.45, 2.75) is 26.4 Å². The van der Waals surface area contributed by atoms with E-state index in [4.69, 9.17) is 9.47 Å². The van der Waals surface area contributed by atoms with Crippen LogP contribution in [0.25, 0.3) is 0 Å². The molecule has 0 aromatic heterocycles. The minimum atomic E-state index is 0.00243. The lowest BCUT2D eigenvalue weighted by molar-refractivity contribution is -0.123. The average Bonchev–Trinajstić information content (AvgIpc) is 2.66. The SMILES string of the molecule is COc1ccc(CN(C)CC(=O)NC(c2ccccc2)C(C)C)c(OC)c1. The molecule has 1 atom stereocenters. The van der Waals surface area contributed by atoms with Gasteiger partial charge in [0.1, 0.15) is 11.5 Å². The first-order valence-electron chi connectivity index (χ1n) is 9.18. The maximum absolute atomic E-state index is 12.6. The fourth-order valence-corrected chi connectivity index (χ4v) is 3.09. The van der Waals surface area contributed by atoms with Gasteiger partial charge in [-0.15, -0.1) is 0 Å². The van der Waals surface area contributed by atoms with Crippen LogP contribution in [-0.4, -0.2) is 38.6 Å². The number of nitrogens with one attached hydrogen (secondary N) is 1. The molecule has 1 amide bonds. The minimum absolute atomic E-state index is 0.00243. The molecule has 5 nitrogen and oxygen atoms in total.